The summed E-state index contributed by atoms with van der Waals surface area (Å²) < 4.78 is 39.5. The van der Waals surface area contributed by atoms with E-state index in [1.807, 2.05) is 13.0 Å². The van der Waals surface area contributed by atoms with Crippen molar-refractivity contribution < 1.29 is 13.2 Å². The summed E-state index contributed by atoms with van der Waals surface area (Å²) in [5.74, 6) is 0. The monoisotopic (exact) mass is 377 g/mol. The van der Waals surface area contributed by atoms with Crippen LogP contribution in [0.2, 0.25) is 5.02 Å². The van der Waals surface area contributed by atoms with Crippen LogP contribution >= 0.6 is 27.5 Å². The van der Waals surface area contributed by atoms with E-state index in [2.05, 4.69) is 21.2 Å². The Bertz CT molecular complexity index is 656. The molecule has 0 heterocycles. The van der Waals surface area contributed by atoms with E-state index in [1.165, 1.54) is 12.1 Å². The lowest BCUT2D eigenvalue weighted by Crippen LogP contribution is -2.11. The second-order valence-electron chi connectivity index (χ2n) is 4.59. The second-order valence-corrected chi connectivity index (χ2v) is 5.85. The van der Waals surface area contributed by atoms with Crippen LogP contribution < -0.4 is 5.32 Å². The zero-order valence-electron chi connectivity index (χ0n) is 11.1. The fourth-order valence-corrected chi connectivity index (χ4v) is 2.68. The van der Waals surface area contributed by atoms with Gasteiger partial charge in [-0.2, -0.15) is 13.2 Å². The molecule has 2 aromatic carbocycles. The molecule has 1 N–H and O–H groups in total. The number of nitrogens with one attached hydrogen (secondary N) is 1. The van der Waals surface area contributed by atoms with Crippen molar-refractivity contribution in [2.45, 2.75) is 19.6 Å². The molecule has 0 aliphatic carbocycles. The van der Waals surface area contributed by atoms with Crippen molar-refractivity contribution in [2.75, 3.05) is 5.32 Å². The normalized spacial score (nSPS) is 11.5. The van der Waals surface area contributed by atoms with Gasteiger partial charge in [0.25, 0.3) is 0 Å². The van der Waals surface area contributed by atoms with E-state index in [4.69, 9.17) is 11.6 Å². The van der Waals surface area contributed by atoms with Crippen molar-refractivity contribution in [3.63, 3.8) is 0 Å². The Morgan fingerprint density at radius 2 is 1.86 bits per heavy atom. The maximum absolute atomic E-state index is 12.9. The largest absolute Gasteiger partial charge is 0.416 e. The fraction of sp³-hybridized carbons (Fsp3) is 0.200. The third-order valence-corrected chi connectivity index (χ3v) is 4.10. The molecule has 0 fully saturated rings. The highest BCUT2D eigenvalue weighted by Crippen LogP contribution is 2.33. The molecular weight excluding hydrogens is 367 g/mol. The highest BCUT2D eigenvalue weighted by molar-refractivity contribution is 9.10. The quantitative estimate of drug-likeness (QED) is 0.686. The van der Waals surface area contributed by atoms with Crippen LogP contribution in [-0.4, -0.2) is 0 Å². The highest BCUT2D eigenvalue weighted by Gasteiger charge is 2.32. The first-order valence-electron chi connectivity index (χ1n) is 6.13. The molecule has 0 aromatic heterocycles. The smallest absolute Gasteiger partial charge is 0.380 e. The first-order valence-corrected chi connectivity index (χ1v) is 7.31. The summed E-state index contributed by atoms with van der Waals surface area (Å²) in [6, 6.07) is 9.01. The summed E-state index contributed by atoms with van der Waals surface area (Å²) in [4.78, 5) is 0. The molecule has 0 radical (unpaired) electrons. The van der Waals surface area contributed by atoms with E-state index in [0.29, 0.717) is 10.7 Å². The number of rotatable bonds is 3. The van der Waals surface area contributed by atoms with Gasteiger partial charge in [-0.15, -0.1) is 0 Å². The first kappa shape index (κ1) is 16.2. The maximum Gasteiger partial charge on any atom is 0.416 e. The molecule has 0 bridgehead atoms. The zero-order chi connectivity index (χ0) is 15.6. The van der Waals surface area contributed by atoms with E-state index in [1.54, 1.807) is 12.1 Å². The van der Waals surface area contributed by atoms with Crippen molar-refractivity contribution >= 4 is 33.2 Å². The molecule has 6 heteroatoms. The van der Waals surface area contributed by atoms with Gasteiger partial charge in [0, 0.05) is 16.0 Å². The van der Waals surface area contributed by atoms with Gasteiger partial charge in [-0.3, -0.25) is 0 Å². The van der Waals surface area contributed by atoms with E-state index < -0.39 is 11.7 Å². The Morgan fingerprint density at radius 3 is 2.52 bits per heavy atom. The molecule has 21 heavy (non-hydrogen) atoms. The van der Waals surface area contributed by atoms with Crippen LogP contribution in [0.15, 0.2) is 40.9 Å². The average Bonchev–Trinajstić information content (AvgIpc) is 2.41. The molecule has 0 aliphatic heterocycles. The Kier molecular flexibility index (Phi) is 4.84. The van der Waals surface area contributed by atoms with Crippen molar-refractivity contribution in [1.82, 2.24) is 0 Å². The molecule has 0 amide bonds. The molecule has 0 saturated heterocycles. The molecule has 1 nitrogen and oxygen atoms in total. The van der Waals surface area contributed by atoms with Gasteiger partial charge < -0.3 is 5.32 Å². The van der Waals surface area contributed by atoms with Gasteiger partial charge in [0.15, 0.2) is 0 Å². The number of benzene rings is 2. The average molecular weight is 379 g/mol. The highest BCUT2D eigenvalue weighted by atomic mass is 79.9. The molecule has 112 valence electrons. The second kappa shape index (κ2) is 6.28. The predicted molar refractivity (Wildman–Crippen MR) is 82.7 cm³/mol. The van der Waals surface area contributed by atoms with Gasteiger partial charge in [0.2, 0.25) is 0 Å². The topological polar surface area (TPSA) is 12.0 Å². The minimum Gasteiger partial charge on any atom is -0.380 e. The molecule has 0 unspecified atom stereocenters. The standard InChI is InChI=1S/C15H12BrClF3N/c1-9-6-12(16)14(7-13(9)17)21-8-10-4-2-3-5-11(10)15(18,19)20/h2-7,21H,8H2,1H3. The van der Waals surface area contributed by atoms with Gasteiger partial charge in [0.1, 0.15) is 0 Å². The van der Waals surface area contributed by atoms with Gasteiger partial charge in [-0.05, 0) is 52.2 Å². The third-order valence-electron chi connectivity index (χ3n) is 3.04. The predicted octanol–water partition coefficient (Wildman–Crippen LogP) is 6.04. The summed E-state index contributed by atoms with van der Waals surface area (Å²) in [6.45, 7) is 1.92. The zero-order valence-corrected chi connectivity index (χ0v) is 13.4. The van der Waals surface area contributed by atoms with Gasteiger partial charge in [-0.25, -0.2) is 0 Å². The number of hydrogen-bond donors (Lipinski definition) is 1. The SMILES string of the molecule is Cc1cc(Br)c(NCc2ccccc2C(F)(F)F)cc1Cl. The van der Waals surface area contributed by atoms with Gasteiger partial charge >= 0.3 is 6.18 Å². The Balaban J connectivity index is 2.23. The minimum atomic E-state index is -4.36. The van der Waals surface area contributed by atoms with Crippen LogP contribution in [0.3, 0.4) is 0 Å². The maximum atomic E-state index is 12.9. The van der Waals surface area contributed by atoms with Crippen molar-refractivity contribution in [3.05, 3.63) is 62.6 Å². The first-order chi connectivity index (χ1) is 9.79. The molecule has 0 aliphatic rings. The van der Waals surface area contributed by atoms with E-state index in [-0.39, 0.29) is 12.1 Å². The van der Waals surface area contributed by atoms with Crippen LogP contribution in [0.1, 0.15) is 16.7 Å². The Labute approximate surface area is 134 Å². The Morgan fingerprint density at radius 1 is 1.19 bits per heavy atom. The van der Waals surface area contributed by atoms with Crippen LogP contribution in [0.25, 0.3) is 0 Å². The number of halogens is 5. The number of aryl methyl sites for hydroxylation is 1. The molecule has 0 atom stereocenters. The van der Waals surface area contributed by atoms with Crippen molar-refractivity contribution in [3.8, 4) is 0 Å². The molecule has 0 saturated carbocycles. The van der Waals surface area contributed by atoms with Crippen molar-refractivity contribution in [2.24, 2.45) is 0 Å². The molecule has 2 aromatic rings. The number of alkyl halides is 3. The summed E-state index contributed by atoms with van der Waals surface area (Å²) in [5, 5.41) is 3.54. The third kappa shape index (κ3) is 3.92. The lowest BCUT2D eigenvalue weighted by Gasteiger charge is -2.15. The lowest BCUT2D eigenvalue weighted by atomic mass is 10.1. The van der Waals surface area contributed by atoms with Gasteiger partial charge in [0.05, 0.1) is 11.3 Å². The van der Waals surface area contributed by atoms with E-state index in [0.717, 1.165) is 16.1 Å². The van der Waals surface area contributed by atoms with Crippen LogP contribution in [0.5, 0.6) is 0 Å². The summed E-state index contributed by atoms with van der Waals surface area (Å²) >= 11 is 9.40. The Hall–Kier alpha value is -1.20. The van der Waals surface area contributed by atoms with Crippen LogP contribution in [0, 0.1) is 6.92 Å². The number of hydrogen-bond acceptors (Lipinski definition) is 1. The summed E-state index contributed by atoms with van der Waals surface area (Å²) in [6.07, 6.45) is -4.36. The van der Waals surface area contributed by atoms with Crippen LogP contribution in [-0.2, 0) is 12.7 Å². The molecule has 2 rings (SSSR count). The van der Waals surface area contributed by atoms with Crippen LogP contribution in [0.4, 0.5) is 18.9 Å². The lowest BCUT2D eigenvalue weighted by molar-refractivity contribution is -0.138. The van der Waals surface area contributed by atoms with Crippen molar-refractivity contribution in [1.29, 1.82) is 0 Å². The van der Waals surface area contributed by atoms with Gasteiger partial charge in [-0.1, -0.05) is 29.8 Å². The summed E-state index contributed by atoms with van der Waals surface area (Å²) in [5.41, 5.74) is 1.10. The number of anilines is 1. The van der Waals surface area contributed by atoms with E-state index >= 15 is 0 Å². The minimum absolute atomic E-state index is 0.0632. The summed E-state index contributed by atoms with van der Waals surface area (Å²) in [7, 11) is 0. The molecular formula is C15H12BrClF3N. The van der Waals surface area contributed by atoms with E-state index in [9.17, 15) is 13.2 Å². The molecule has 0 spiro atoms. The fourth-order valence-electron chi connectivity index (χ4n) is 1.92.